The van der Waals surface area contributed by atoms with Gasteiger partial charge in [0.15, 0.2) is 0 Å². The first-order valence-corrected chi connectivity index (χ1v) is 6.99. The van der Waals surface area contributed by atoms with E-state index in [0.29, 0.717) is 0 Å². The van der Waals surface area contributed by atoms with Crippen molar-refractivity contribution in [1.82, 2.24) is 4.65 Å². The van der Waals surface area contributed by atoms with E-state index < -0.39 is 8.24 Å². The molecule has 1 N–H and O–H groups in total. The van der Waals surface area contributed by atoms with Gasteiger partial charge in [0, 0.05) is 5.69 Å². The Kier molecular flexibility index (Phi) is 3.77. The average molecular weight is 158 g/mol. The molecule has 9 heavy (non-hydrogen) atoms. The number of nitrogens with one attached hydrogen (secondary N) is 1. The molecule has 0 spiro atoms. The molecule has 4 heteroatoms. The first kappa shape index (κ1) is 8.88. The van der Waals surface area contributed by atoms with Gasteiger partial charge < -0.3 is 4.65 Å². The van der Waals surface area contributed by atoms with Crippen LogP contribution >= 0.6 is 0 Å². The van der Waals surface area contributed by atoms with E-state index in [9.17, 15) is 0 Å². The highest BCUT2D eigenvalue weighted by atomic mass is 28.4. The maximum atomic E-state index is 8.69. The molecule has 0 fully saturated rings. The lowest BCUT2D eigenvalue weighted by molar-refractivity contribution is 1.04. The minimum absolute atomic E-state index is 0.960. The smallest absolute Gasteiger partial charge is 0.233 e. The van der Waals surface area contributed by atoms with Crippen LogP contribution in [0.3, 0.4) is 0 Å². The van der Waals surface area contributed by atoms with Crippen molar-refractivity contribution in [2.24, 2.45) is 0 Å². The van der Waals surface area contributed by atoms with Crippen LogP contribution in [0.25, 0.3) is 0 Å². The molecule has 1 atom stereocenters. The van der Waals surface area contributed by atoms with Crippen molar-refractivity contribution in [3.8, 4) is 5.69 Å². The third kappa shape index (κ3) is 2.79. The van der Waals surface area contributed by atoms with Crippen LogP contribution in [0.1, 0.15) is 13.3 Å². The van der Waals surface area contributed by atoms with E-state index in [-0.39, 0.29) is 0 Å². The van der Waals surface area contributed by atoms with Crippen LogP contribution in [0.2, 0.25) is 12.6 Å². The normalized spacial score (nSPS) is 16.6. The Bertz CT molecular complexity index is 121. The van der Waals surface area contributed by atoms with E-state index in [1.807, 2.05) is 0 Å². The van der Waals surface area contributed by atoms with E-state index in [1.165, 1.54) is 0 Å². The Morgan fingerprint density at radius 3 is 2.44 bits per heavy atom. The summed E-state index contributed by atoms with van der Waals surface area (Å²) in [6, 6.07) is 1.09. The maximum absolute atomic E-state index is 8.69. The van der Waals surface area contributed by atoms with E-state index in [4.69, 9.17) is 5.26 Å². The monoisotopic (exact) mass is 158 g/mol. The Morgan fingerprint density at radius 2 is 2.33 bits per heavy atom. The van der Waals surface area contributed by atoms with Crippen molar-refractivity contribution in [3.05, 3.63) is 0 Å². The van der Waals surface area contributed by atoms with Crippen molar-refractivity contribution in [1.29, 1.82) is 5.26 Å². The molecule has 0 saturated heterocycles. The molecule has 0 amide bonds. The quantitative estimate of drug-likeness (QED) is 0.583. The van der Waals surface area contributed by atoms with Gasteiger partial charge in [0.2, 0.25) is 8.24 Å². The molecule has 52 valence electrons. The number of hydrogen-bond donors (Lipinski definition) is 1. The van der Waals surface area contributed by atoms with Crippen molar-refractivity contribution in [2.75, 3.05) is 0 Å². The minimum atomic E-state index is -1.58. The SMILES string of the molecule is CCC[Si](C)(C#N)N[SiH3]. The lowest BCUT2D eigenvalue weighted by atomic mass is 10.6. The van der Waals surface area contributed by atoms with Crippen LogP contribution in [0, 0.1) is 11.0 Å². The summed E-state index contributed by atoms with van der Waals surface area (Å²) in [4.78, 5) is 0. The molecule has 0 radical (unpaired) electrons. The van der Waals surface area contributed by atoms with E-state index >= 15 is 0 Å². The van der Waals surface area contributed by atoms with Gasteiger partial charge in [-0.2, -0.15) is 0 Å². The molecule has 0 bridgehead atoms. The predicted octanol–water partition coefficient (Wildman–Crippen LogP) is -0.0955. The van der Waals surface area contributed by atoms with Crippen molar-refractivity contribution in [3.63, 3.8) is 0 Å². The van der Waals surface area contributed by atoms with Crippen LogP contribution in [0.15, 0.2) is 0 Å². The Morgan fingerprint density at radius 1 is 1.78 bits per heavy atom. The number of nitriles is 1. The summed E-state index contributed by atoms with van der Waals surface area (Å²) in [5, 5.41) is 8.69. The van der Waals surface area contributed by atoms with Gasteiger partial charge in [0.25, 0.3) is 0 Å². The van der Waals surface area contributed by atoms with Gasteiger partial charge in [-0.15, -0.1) is 0 Å². The van der Waals surface area contributed by atoms with E-state index in [1.54, 1.807) is 0 Å². The minimum Gasteiger partial charge on any atom is -0.355 e. The van der Waals surface area contributed by atoms with Crippen LogP contribution in [-0.2, 0) is 0 Å². The lowest BCUT2D eigenvalue weighted by Gasteiger charge is -2.15. The van der Waals surface area contributed by atoms with Gasteiger partial charge in [-0.3, -0.25) is 0 Å². The molecule has 0 aromatic heterocycles. The summed E-state index contributed by atoms with van der Waals surface area (Å²) in [5.41, 5.74) is 2.39. The summed E-state index contributed by atoms with van der Waals surface area (Å²) < 4.78 is 3.25. The summed E-state index contributed by atoms with van der Waals surface area (Å²) >= 11 is 0. The molecule has 0 aromatic carbocycles. The fraction of sp³-hybridized carbons (Fsp3) is 0.800. The summed E-state index contributed by atoms with van der Waals surface area (Å²) in [6.07, 6.45) is 1.13. The maximum Gasteiger partial charge on any atom is 0.233 e. The Labute approximate surface area is 60.9 Å². The van der Waals surface area contributed by atoms with Crippen LogP contribution in [0.4, 0.5) is 0 Å². The van der Waals surface area contributed by atoms with Gasteiger partial charge in [-0.25, -0.2) is 5.26 Å². The van der Waals surface area contributed by atoms with E-state index in [2.05, 4.69) is 23.8 Å². The van der Waals surface area contributed by atoms with Crippen molar-refractivity contribution < 1.29 is 0 Å². The molecule has 0 aliphatic rings. The van der Waals surface area contributed by atoms with E-state index in [0.717, 1.165) is 22.9 Å². The van der Waals surface area contributed by atoms with Gasteiger partial charge in [-0.05, 0) is 12.6 Å². The fourth-order valence-corrected chi connectivity index (χ4v) is 3.30. The second kappa shape index (κ2) is 3.82. The summed E-state index contributed by atoms with van der Waals surface area (Å²) in [5.74, 6) is 0. The highest BCUT2D eigenvalue weighted by molar-refractivity contribution is 6.86. The zero-order valence-electron chi connectivity index (χ0n) is 6.36. The van der Waals surface area contributed by atoms with Crippen LogP contribution in [-0.4, -0.2) is 18.6 Å². The van der Waals surface area contributed by atoms with Crippen LogP contribution < -0.4 is 4.65 Å². The number of nitrogens with zero attached hydrogens (tertiary/aromatic N) is 1. The fourth-order valence-electron chi connectivity index (χ4n) is 0.737. The number of hydrogen-bond acceptors (Lipinski definition) is 2. The van der Waals surface area contributed by atoms with Crippen molar-refractivity contribution in [2.45, 2.75) is 25.9 Å². The molecule has 0 rings (SSSR count). The molecule has 0 aliphatic carbocycles. The third-order valence-corrected chi connectivity index (χ3v) is 7.96. The third-order valence-electron chi connectivity index (χ3n) is 1.55. The Balaban J connectivity index is 3.81. The molecular formula is C5H14N2Si2. The standard InChI is InChI=1S/C5H14N2Si2/c1-3-4-9(2,5-6)7-8/h7H,3-4H2,1-2,8H3. The summed E-state index contributed by atoms with van der Waals surface area (Å²) in [7, 11) is -0.620. The zero-order valence-corrected chi connectivity index (χ0v) is 9.36. The first-order valence-electron chi connectivity index (χ1n) is 3.28. The lowest BCUT2D eigenvalue weighted by Crippen LogP contribution is -2.44. The molecule has 0 saturated carbocycles. The molecule has 2 nitrogen and oxygen atoms in total. The largest absolute Gasteiger partial charge is 0.355 e. The second-order valence-electron chi connectivity index (χ2n) is 2.44. The number of rotatable bonds is 3. The van der Waals surface area contributed by atoms with Gasteiger partial charge >= 0.3 is 0 Å². The van der Waals surface area contributed by atoms with Crippen LogP contribution in [0.5, 0.6) is 0 Å². The first-order chi connectivity index (χ1) is 4.18. The summed E-state index contributed by atoms with van der Waals surface area (Å²) in [6.45, 7) is 4.21. The molecule has 0 heterocycles. The molecule has 0 aliphatic heterocycles. The highest BCUT2D eigenvalue weighted by Gasteiger charge is 2.23. The topological polar surface area (TPSA) is 35.8 Å². The molecular weight excluding hydrogens is 144 g/mol. The molecule has 0 aromatic rings. The predicted molar refractivity (Wildman–Crippen MR) is 45.4 cm³/mol. The van der Waals surface area contributed by atoms with Gasteiger partial charge in [0.1, 0.15) is 0 Å². The van der Waals surface area contributed by atoms with Gasteiger partial charge in [-0.1, -0.05) is 13.3 Å². The van der Waals surface area contributed by atoms with Gasteiger partial charge in [0.05, 0.1) is 10.4 Å². The zero-order chi connectivity index (χ0) is 7.33. The molecule has 1 unspecified atom stereocenters. The van der Waals surface area contributed by atoms with Crippen molar-refractivity contribution >= 4 is 18.6 Å². The average Bonchev–Trinajstić information content (AvgIpc) is 1.89. The highest BCUT2D eigenvalue weighted by Crippen LogP contribution is 2.04. The Hall–Kier alpha value is -0.116. The second-order valence-corrected chi connectivity index (χ2v) is 7.83.